The molecule has 0 amide bonds. The summed E-state index contributed by atoms with van der Waals surface area (Å²) in [5.41, 5.74) is 2.68. The van der Waals surface area contributed by atoms with Gasteiger partial charge in [0.05, 0.1) is 7.11 Å². The topological polar surface area (TPSA) is 37.4 Å². The Morgan fingerprint density at radius 2 is 2.08 bits per heavy atom. The van der Waals surface area contributed by atoms with E-state index in [2.05, 4.69) is 47.4 Å². The van der Waals surface area contributed by atoms with Crippen LogP contribution in [0, 0.1) is 5.92 Å². The molecular weight excluding hydrogens is 310 g/mol. The molecule has 2 aromatic rings. The summed E-state index contributed by atoms with van der Waals surface area (Å²) in [6, 6.07) is 13.1. The highest BCUT2D eigenvalue weighted by Crippen LogP contribution is 2.35. The summed E-state index contributed by atoms with van der Waals surface area (Å²) in [6.07, 6.45) is 5.10. The van der Waals surface area contributed by atoms with E-state index in [1.165, 1.54) is 17.5 Å². The predicted molar refractivity (Wildman–Crippen MR) is 102 cm³/mol. The van der Waals surface area contributed by atoms with E-state index < -0.39 is 0 Å². The summed E-state index contributed by atoms with van der Waals surface area (Å²) in [7, 11) is 3.93. The van der Waals surface area contributed by atoms with Gasteiger partial charge in [0.25, 0.3) is 0 Å². The van der Waals surface area contributed by atoms with E-state index in [-0.39, 0.29) is 0 Å². The quantitative estimate of drug-likeness (QED) is 0.838. The fourth-order valence-corrected chi connectivity index (χ4v) is 3.85. The van der Waals surface area contributed by atoms with E-state index in [0.29, 0.717) is 17.9 Å². The lowest BCUT2D eigenvalue weighted by Crippen LogP contribution is -2.30. The van der Waals surface area contributed by atoms with Crippen LogP contribution in [-0.2, 0) is 0 Å². The van der Waals surface area contributed by atoms with Crippen molar-refractivity contribution in [3.63, 3.8) is 0 Å². The van der Waals surface area contributed by atoms with Crippen LogP contribution in [0.3, 0.4) is 0 Å². The minimum absolute atomic E-state index is 0.470. The van der Waals surface area contributed by atoms with Gasteiger partial charge in [-0.05, 0) is 67.7 Å². The second-order valence-electron chi connectivity index (χ2n) is 7.09. The number of hydrogen-bond donors (Lipinski definition) is 1. The van der Waals surface area contributed by atoms with Gasteiger partial charge in [0.2, 0.25) is 0 Å². The lowest BCUT2D eigenvalue weighted by Gasteiger charge is -2.26. The molecule has 1 aliphatic heterocycles. The standard InChI is InChI=1S/C21H29N3O/c1-16(17-6-8-20(25-3)9-7-17)13-23-15-19-10-12-24(2)21(19)18-5-4-11-22-14-18/h4-9,11,14,16,19,21,23H,10,12-13,15H2,1-3H3/t16-,19+,21+/m1/s1. The minimum Gasteiger partial charge on any atom is -0.497 e. The van der Waals surface area contributed by atoms with Crippen LogP contribution >= 0.6 is 0 Å². The Kier molecular flexibility index (Phi) is 6.05. The molecule has 0 unspecified atom stereocenters. The van der Waals surface area contributed by atoms with Crippen LogP contribution in [0.2, 0.25) is 0 Å². The molecule has 1 aromatic heterocycles. The zero-order chi connectivity index (χ0) is 17.6. The van der Waals surface area contributed by atoms with E-state index >= 15 is 0 Å². The number of methoxy groups -OCH3 is 1. The maximum Gasteiger partial charge on any atom is 0.118 e. The first kappa shape index (κ1) is 17.9. The summed E-state index contributed by atoms with van der Waals surface area (Å²) in [5, 5.41) is 3.70. The number of rotatable bonds is 7. The fourth-order valence-electron chi connectivity index (χ4n) is 3.85. The molecule has 4 heteroatoms. The van der Waals surface area contributed by atoms with Crippen molar-refractivity contribution in [2.75, 3.05) is 33.8 Å². The number of benzene rings is 1. The molecule has 25 heavy (non-hydrogen) atoms. The summed E-state index contributed by atoms with van der Waals surface area (Å²) in [6.45, 7) is 5.46. The largest absolute Gasteiger partial charge is 0.497 e. The van der Waals surface area contributed by atoms with Crippen LogP contribution in [0.4, 0.5) is 0 Å². The SMILES string of the molecule is COc1ccc([C@H](C)CNC[C@@H]2CCN(C)[C@H]2c2cccnc2)cc1. The molecular formula is C21H29N3O. The lowest BCUT2D eigenvalue weighted by atomic mass is 9.94. The summed E-state index contributed by atoms with van der Waals surface area (Å²) < 4.78 is 5.24. The van der Waals surface area contributed by atoms with E-state index in [9.17, 15) is 0 Å². The van der Waals surface area contributed by atoms with E-state index in [1.807, 2.05) is 30.6 Å². The second kappa shape index (κ2) is 8.45. The highest BCUT2D eigenvalue weighted by molar-refractivity contribution is 5.29. The van der Waals surface area contributed by atoms with Crippen LogP contribution in [0.15, 0.2) is 48.8 Å². The van der Waals surface area contributed by atoms with E-state index in [4.69, 9.17) is 4.74 Å². The van der Waals surface area contributed by atoms with Gasteiger partial charge in [0.1, 0.15) is 5.75 Å². The normalized spacial score (nSPS) is 22.0. The number of nitrogens with one attached hydrogen (secondary N) is 1. The van der Waals surface area contributed by atoms with Crippen LogP contribution < -0.4 is 10.1 Å². The number of pyridine rings is 1. The van der Waals surface area contributed by atoms with E-state index in [0.717, 1.165) is 25.4 Å². The van der Waals surface area contributed by atoms with Crippen molar-refractivity contribution in [1.82, 2.24) is 15.2 Å². The first-order chi connectivity index (χ1) is 12.2. The molecule has 0 bridgehead atoms. The number of nitrogens with zero attached hydrogens (tertiary/aromatic N) is 2. The minimum atomic E-state index is 0.470. The van der Waals surface area contributed by atoms with Gasteiger partial charge in [0.15, 0.2) is 0 Å². The van der Waals surface area contributed by atoms with E-state index in [1.54, 1.807) is 7.11 Å². The molecule has 0 radical (unpaired) electrons. The lowest BCUT2D eigenvalue weighted by molar-refractivity contribution is 0.271. The second-order valence-corrected chi connectivity index (χ2v) is 7.09. The summed E-state index contributed by atoms with van der Waals surface area (Å²) in [5.74, 6) is 2.04. The van der Waals surface area contributed by atoms with Crippen molar-refractivity contribution in [3.8, 4) is 5.75 Å². The molecule has 1 fully saturated rings. The third kappa shape index (κ3) is 4.39. The van der Waals surface area contributed by atoms with Gasteiger partial charge >= 0.3 is 0 Å². The zero-order valence-corrected chi connectivity index (χ0v) is 15.5. The zero-order valence-electron chi connectivity index (χ0n) is 15.5. The summed E-state index contributed by atoms with van der Waals surface area (Å²) >= 11 is 0. The molecule has 0 saturated carbocycles. The Morgan fingerprint density at radius 3 is 2.76 bits per heavy atom. The molecule has 2 heterocycles. The van der Waals surface area contributed by atoms with Crippen molar-refractivity contribution in [3.05, 3.63) is 59.9 Å². The molecule has 3 atom stereocenters. The van der Waals surface area contributed by atoms with Crippen LogP contribution in [-0.4, -0.2) is 43.7 Å². The van der Waals surface area contributed by atoms with Crippen LogP contribution in [0.1, 0.15) is 36.4 Å². The predicted octanol–water partition coefficient (Wildman–Crippen LogP) is 3.48. The maximum atomic E-state index is 5.24. The van der Waals surface area contributed by atoms with Gasteiger partial charge in [-0.25, -0.2) is 0 Å². The Morgan fingerprint density at radius 1 is 1.28 bits per heavy atom. The fraction of sp³-hybridized carbons (Fsp3) is 0.476. The molecule has 3 rings (SSSR count). The molecule has 4 nitrogen and oxygen atoms in total. The first-order valence-corrected chi connectivity index (χ1v) is 9.14. The van der Waals surface area contributed by atoms with Crippen LogP contribution in [0.5, 0.6) is 5.75 Å². The van der Waals surface area contributed by atoms with Crippen LogP contribution in [0.25, 0.3) is 0 Å². The Balaban J connectivity index is 1.53. The first-order valence-electron chi connectivity index (χ1n) is 9.14. The molecule has 1 aliphatic rings. The van der Waals surface area contributed by atoms with Crippen molar-refractivity contribution in [2.45, 2.75) is 25.3 Å². The average Bonchev–Trinajstić information content (AvgIpc) is 3.03. The smallest absolute Gasteiger partial charge is 0.118 e. The monoisotopic (exact) mass is 339 g/mol. The summed E-state index contributed by atoms with van der Waals surface area (Å²) in [4.78, 5) is 6.76. The number of ether oxygens (including phenoxy) is 1. The molecule has 0 spiro atoms. The molecule has 1 aromatic carbocycles. The van der Waals surface area contributed by atoms with Gasteiger partial charge in [-0.3, -0.25) is 9.88 Å². The molecule has 0 aliphatic carbocycles. The Labute approximate surface area is 151 Å². The third-order valence-corrected chi connectivity index (χ3v) is 5.34. The van der Waals surface area contributed by atoms with Crippen molar-refractivity contribution < 1.29 is 4.74 Å². The van der Waals surface area contributed by atoms with Gasteiger partial charge < -0.3 is 10.1 Å². The van der Waals surface area contributed by atoms with Crippen molar-refractivity contribution >= 4 is 0 Å². The molecule has 134 valence electrons. The molecule has 1 saturated heterocycles. The average molecular weight is 339 g/mol. The Bertz CT molecular complexity index is 644. The maximum absolute atomic E-state index is 5.24. The highest BCUT2D eigenvalue weighted by atomic mass is 16.5. The van der Waals surface area contributed by atoms with Gasteiger partial charge in [-0.2, -0.15) is 0 Å². The number of likely N-dealkylation sites (tertiary alicyclic amines) is 1. The number of aromatic nitrogens is 1. The van der Waals surface area contributed by atoms with Gasteiger partial charge in [-0.1, -0.05) is 25.1 Å². The third-order valence-electron chi connectivity index (χ3n) is 5.34. The number of hydrogen-bond acceptors (Lipinski definition) is 4. The highest BCUT2D eigenvalue weighted by Gasteiger charge is 2.32. The van der Waals surface area contributed by atoms with Crippen molar-refractivity contribution in [1.29, 1.82) is 0 Å². The Hall–Kier alpha value is -1.91. The van der Waals surface area contributed by atoms with Gasteiger partial charge in [0, 0.05) is 25.0 Å². The van der Waals surface area contributed by atoms with Gasteiger partial charge in [-0.15, -0.1) is 0 Å². The van der Waals surface area contributed by atoms with Crippen molar-refractivity contribution in [2.24, 2.45) is 5.92 Å². The molecule has 1 N–H and O–H groups in total.